The van der Waals surface area contributed by atoms with Gasteiger partial charge in [-0.15, -0.1) is 34.9 Å². The van der Waals surface area contributed by atoms with Crippen LogP contribution < -0.4 is 10.9 Å². The van der Waals surface area contributed by atoms with Gasteiger partial charge >= 0.3 is 0 Å². The number of carbonyl (C=O) groups excluding carboxylic acids is 2. The third-order valence-electron chi connectivity index (χ3n) is 3.92. The lowest BCUT2D eigenvalue weighted by atomic mass is 10.1. The van der Waals surface area contributed by atoms with Gasteiger partial charge in [-0.25, -0.2) is 0 Å². The Morgan fingerprint density at radius 3 is 2.32 bits per heavy atom. The summed E-state index contributed by atoms with van der Waals surface area (Å²) in [6.45, 7) is 4.06. The molecule has 2 N–H and O–H groups in total. The summed E-state index contributed by atoms with van der Waals surface area (Å²) in [5, 5.41) is 0. The molecule has 0 unspecified atom stereocenters. The van der Waals surface area contributed by atoms with Crippen molar-refractivity contribution in [3.05, 3.63) is 56.8 Å². The van der Waals surface area contributed by atoms with E-state index in [-0.39, 0.29) is 11.8 Å². The van der Waals surface area contributed by atoms with Crippen LogP contribution in [0.1, 0.15) is 47.5 Å². The molecule has 1 aromatic carbocycles. The Balaban J connectivity index is 1.57. The van der Waals surface area contributed by atoms with Crippen LogP contribution in [0.5, 0.6) is 0 Å². The molecule has 1 aliphatic heterocycles. The van der Waals surface area contributed by atoms with E-state index in [1.807, 2.05) is 48.6 Å². The topological polar surface area (TPSA) is 58.2 Å². The largest absolute Gasteiger partial charge is 0.279 e. The summed E-state index contributed by atoms with van der Waals surface area (Å²) >= 11 is 5.33. The second kappa shape index (κ2) is 8.29. The minimum Gasteiger partial charge on any atom is -0.267 e. The summed E-state index contributed by atoms with van der Waals surface area (Å²) in [6, 6.07) is 9.45. The van der Waals surface area contributed by atoms with Gasteiger partial charge in [0, 0.05) is 21.9 Å². The Kier molecular flexibility index (Phi) is 6.09. The maximum absolute atomic E-state index is 12.2. The molecular weight excluding hydrogens is 372 g/mol. The molecule has 1 saturated heterocycles. The number of benzene rings is 1. The van der Waals surface area contributed by atoms with Gasteiger partial charge in [0.25, 0.3) is 11.8 Å². The van der Waals surface area contributed by atoms with Crippen LogP contribution in [-0.4, -0.2) is 23.3 Å². The maximum Gasteiger partial charge on any atom is 0.279 e. The van der Waals surface area contributed by atoms with Gasteiger partial charge in [-0.3, -0.25) is 20.4 Å². The fourth-order valence-corrected chi connectivity index (χ4v) is 6.44. The smallest absolute Gasteiger partial charge is 0.267 e. The highest BCUT2D eigenvalue weighted by atomic mass is 32.2. The zero-order valence-electron chi connectivity index (χ0n) is 14.1. The van der Waals surface area contributed by atoms with Crippen molar-refractivity contribution in [2.45, 2.75) is 24.9 Å². The van der Waals surface area contributed by atoms with E-state index in [1.165, 1.54) is 33.3 Å². The summed E-state index contributed by atoms with van der Waals surface area (Å²) in [7, 11) is 0. The van der Waals surface area contributed by atoms with Gasteiger partial charge in [0.15, 0.2) is 0 Å². The zero-order chi connectivity index (χ0) is 17.8. The first-order chi connectivity index (χ1) is 12.1. The van der Waals surface area contributed by atoms with E-state index in [2.05, 4.69) is 17.8 Å². The summed E-state index contributed by atoms with van der Waals surface area (Å²) < 4.78 is 0.464. The quantitative estimate of drug-likeness (QED) is 0.767. The number of thioether (sulfide) groups is 2. The van der Waals surface area contributed by atoms with Crippen LogP contribution in [0.2, 0.25) is 0 Å². The van der Waals surface area contributed by atoms with E-state index in [4.69, 9.17) is 0 Å². The minimum absolute atomic E-state index is 0.281. The molecule has 7 heteroatoms. The van der Waals surface area contributed by atoms with Crippen molar-refractivity contribution in [1.29, 1.82) is 0 Å². The third kappa shape index (κ3) is 4.40. The van der Waals surface area contributed by atoms with Gasteiger partial charge < -0.3 is 0 Å². The standard InChI is InChI=1S/C18H20N2O2S3/c1-3-14-11(2)10-15(25-14)17(22)20-19-16(21)12-4-6-13(7-5-12)18-23-8-9-24-18/h4-7,10,18H,3,8-9H2,1-2H3,(H,19,21)(H,20,22). The van der Waals surface area contributed by atoms with Crippen molar-refractivity contribution in [3.63, 3.8) is 0 Å². The van der Waals surface area contributed by atoms with E-state index in [1.54, 1.807) is 12.1 Å². The molecule has 0 aliphatic carbocycles. The maximum atomic E-state index is 12.2. The molecule has 1 aromatic heterocycles. The molecule has 2 amide bonds. The highest BCUT2D eigenvalue weighted by Crippen LogP contribution is 2.45. The van der Waals surface area contributed by atoms with Crippen LogP contribution in [0.4, 0.5) is 0 Å². The fourth-order valence-electron chi connectivity index (χ4n) is 2.57. The number of amides is 2. The molecule has 132 valence electrons. The summed E-state index contributed by atoms with van der Waals surface area (Å²) in [4.78, 5) is 26.2. The van der Waals surface area contributed by atoms with E-state index in [9.17, 15) is 9.59 Å². The Bertz CT molecular complexity index is 765. The zero-order valence-corrected chi connectivity index (χ0v) is 16.6. The monoisotopic (exact) mass is 392 g/mol. The molecule has 4 nitrogen and oxygen atoms in total. The summed E-state index contributed by atoms with van der Waals surface area (Å²) in [6.07, 6.45) is 0.903. The van der Waals surface area contributed by atoms with Crippen molar-refractivity contribution in [1.82, 2.24) is 10.9 Å². The number of carbonyl (C=O) groups is 2. The highest BCUT2D eigenvalue weighted by Gasteiger charge is 2.18. The molecular formula is C18H20N2O2S3. The van der Waals surface area contributed by atoms with Gasteiger partial charge in [-0.05, 0) is 42.7 Å². The van der Waals surface area contributed by atoms with Crippen LogP contribution in [0.25, 0.3) is 0 Å². The van der Waals surface area contributed by atoms with Crippen molar-refractivity contribution in [2.24, 2.45) is 0 Å². The molecule has 0 spiro atoms. The van der Waals surface area contributed by atoms with Gasteiger partial charge in [-0.1, -0.05) is 19.1 Å². The Morgan fingerprint density at radius 2 is 1.72 bits per heavy atom. The van der Waals surface area contributed by atoms with Crippen LogP contribution in [0.15, 0.2) is 30.3 Å². The summed E-state index contributed by atoms with van der Waals surface area (Å²) in [5.41, 5.74) is 7.87. The summed E-state index contributed by atoms with van der Waals surface area (Å²) in [5.74, 6) is 1.75. The second-order valence-corrected chi connectivity index (χ2v) is 9.54. The number of hydrazine groups is 1. The molecule has 1 fully saturated rings. The highest BCUT2D eigenvalue weighted by molar-refractivity contribution is 8.19. The van der Waals surface area contributed by atoms with Crippen molar-refractivity contribution < 1.29 is 9.59 Å². The lowest BCUT2D eigenvalue weighted by Crippen LogP contribution is -2.41. The lowest BCUT2D eigenvalue weighted by Gasteiger charge is -2.10. The predicted molar refractivity (Wildman–Crippen MR) is 107 cm³/mol. The number of hydrogen-bond acceptors (Lipinski definition) is 5. The Morgan fingerprint density at radius 1 is 1.08 bits per heavy atom. The number of rotatable bonds is 4. The molecule has 1 aliphatic rings. The van der Waals surface area contributed by atoms with Crippen molar-refractivity contribution in [3.8, 4) is 0 Å². The van der Waals surface area contributed by atoms with E-state index in [0.29, 0.717) is 15.0 Å². The van der Waals surface area contributed by atoms with Gasteiger partial charge in [0.2, 0.25) is 0 Å². The third-order valence-corrected chi connectivity index (χ3v) is 8.41. The van der Waals surface area contributed by atoms with Gasteiger partial charge in [0.1, 0.15) is 0 Å². The molecule has 3 rings (SSSR count). The lowest BCUT2D eigenvalue weighted by molar-refractivity contribution is 0.0849. The first kappa shape index (κ1) is 18.4. The molecule has 0 bridgehead atoms. The van der Waals surface area contributed by atoms with Crippen LogP contribution in [0, 0.1) is 6.92 Å². The average Bonchev–Trinajstić information content (AvgIpc) is 3.29. The van der Waals surface area contributed by atoms with E-state index >= 15 is 0 Å². The number of hydrogen-bond donors (Lipinski definition) is 2. The minimum atomic E-state index is -0.310. The van der Waals surface area contributed by atoms with Crippen molar-refractivity contribution in [2.75, 3.05) is 11.5 Å². The predicted octanol–water partition coefficient (Wildman–Crippen LogP) is 4.17. The molecule has 0 atom stereocenters. The normalized spacial score (nSPS) is 14.5. The molecule has 2 aromatic rings. The molecule has 2 heterocycles. The van der Waals surface area contributed by atoms with Crippen LogP contribution in [-0.2, 0) is 6.42 Å². The molecule has 0 saturated carbocycles. The first-order valence-electron chi connectivity index (χ1n) is 8.11. The fraction of sp³-hybridized carbons (Fsp3) is 0.333. The first-order valence-corrected chi connectivity index (χ1v) is 11.0. The number of thiophene rings is 1. The Labute approximate surface area is 160 Å². The van der Waals surface area contributed by atoms with Crippen LogP contribution in [0.3, 0.4) is 0 Å². The van der Waals surface area contributed by atoms with E-state index in [0.717, 1.165) is 12.0 Å². The Hall–Kier alpha value is -1.44. The van der Waals surface area contributed by atoms with Crippen molar-refractivity contribution >= 4 is 46.7 Å². The van der Waals surface area contributed by atoms with Gasteiger partial charge in [0.05, 0.1) is 9.46 Å². The van der Waals surface area contributed by atoms with E-state index < -0.39 is 0 Å². The van der Waals surface area contributed by atoms with Gasteiger partial charge in [-0.2, -0.15) is 0 Å². The SMILES string of the molecule is CCc1sc(C(=O)NNC(=O)c2ccc(C3SCCS3)cc2)cc1C. The molecule has 25 heavy (non-hydrogen) atoms. The van der Waals surface area contributed by atoms with Crippen LogP contribution >= 0.6 is 34.9 Å². The molecule has 0 radical (unpaired) electrons. The average molecular weight is 393 g/mol. The second-order valence-electron chi connectivity index (χ2n) is 5.67. The number of aryl methyl sites for hydroxylation is 2. The number of nitrogens with one attached hydrogen (secondary N) is 2.